The van der Waals surface area contributed by atoms with E-state index in [0.717, 1.165) is 112 Å². The zero-order chi connectivity index (χ0) is 53.8. The second-order valence-electron chi connectivity index (χ2n) is 24.1. The number of ether oxygens (including phenoxy) is 2. The van der Waals surface area contributed by atoms with Crippen LogP contribution in [0.3, 0.4) is 0 Å². The molecule has 0 fully saturated rings. The van der Waals surface area contributed by atoms with Crippen LogP contribution in [0.15, 0.2) is 231 Å². The van der Waals surface area contributed by atoms with Gasteiger partial charge < -0.3 is 23.2 Å². The molecule has 5 nitrogen and oxygen atoms in total. The highest BCUT2D eigenvalue weighted by molar-refractivity contribution is 6.98. The molecule has 14 aromatic rings. The lowest BCUT2D eigenvalue weighted by Crippen LogP contribution is -2.57. The maximum Gasteiger partial charge on any atom is 0.260 e. The number of rotatable bonds is 5. The van der Waals surface area contributed by atoms with Crippen molar-refractivity contribution in [1.82, 2.24) is 13.7 Å². The van der Waals surface area contributed by atoms with Crippen LogP contribution in [0.2, 0.25) is 0 Å². The summed E-state index contributed by atoms with van der Waals surface area (Å²) < 4.78 is 22.3. The third kappa shape index (κ3) is 6.91. The summed E-state index contributed by atoms with van der Waals surface area (Å²) in [5.74, 6) is 3.23. The van der Waals surface area contributed by atoms with Gasteiger partial charge in [0, 0.05) is 84.5 Å². The molecule has 5 heterocycles. The predicted molar refractivity (Wildman–Crippen MR) is 335 cm³/mol. The Balaban J connectivity index is 1.00. The number of aromatic nitrogens is 3. The zero-order valence-electron chi connectivity index (χ0n) is 45.7. The third-order valence-electron chi connectivity index (χ3n) is 17.3. The summed E-state index contributed by atoms with van der Waals surface area (Å²) in [5.41, 5.74) is 20.4. The molecule has 0 N–H and O–H groups in total. The van der Waals surface area contributed by atoms with Crippen molar-refractivity contribution in [2.45, 2.75) is 52.4 Å². The summed E-state index contributed by atoms with van der Waals surface area (Å²) in [4.78, 5) is 0. The molecule has 80 heavy (non-hydrogen) atoms. The number of nitrogens with zero attached hydrogens (tertiary/aromatic N) is 3. The standard InChI is InChI=1S/C74H56BN3O2/c1-73(2,3)47-35-31-45(32-36-47)52-25-17-27-56-57-28-18-26-53(46-33-37-48(38-34-46)74(4,5)6)72(57)78(71(52)56)51-39-68-70-69(40-51)80-67-44-65-59(55-24-14-16-30-63(55)77(65)50-21-11-8-12-22-50)42-61(67)75(70)60-41-58-54-23-13-15-29-62(54)76(49-19-9-7-10-20-49)64(58)43-66(60)79-68/h7-44H,1-6H3. The predicted octanol–water partition coefficient (Wildman–Crippen LogP) is 17.6. The first-order valence-corrected chi connectivity index (χ1v) is 28.0. The minimum absolute atomic E-state index is 0.0181. The van der Waals surface area contributed by atoms with Gasteiger partial charge in [0.25, 0.3) is 6.71 Å². The SMILES string of the molecule is CC(C)(C)c1ccc(-c2cccc3c4cccc(-c5ccc(C(C)(C)C)cc5)c4n(-c4cc5c6c(c4)Oc4cc7c(cc4B6c4cc6c8ccccc8n(-c8ccccc8)c6cc4O5)c4ccccc4n7-c4ccccc4)c23)cc1. The molecule has 382 valence electrons. The lowest BCUT2D eigenvalue weighted by Gasteiger charge is -2.34. The number of para-hydroxylation sites is 6. The molecular formula is C74H56BN3O2. The monoisotopic (exact) mass is 1030 g/mol. The van der Waals surface area contributed by atoms with Crippen LogP contribution < -0.4 is 25.9 Å². The van der Waals surface area contributed by atoms with E-state index in [1.54, 1.807) is 0 Å². The molecular weight excluding hydrogens is 974 g/mol. The minimum atomic E-state index is -0.208. The third-order valence-corrected chi connectivity index (χ3v) is 17.3. The fraction of sp³-hybridized carbons (Fsp3) is 0.108. The van der Waals surface area contributed by atoms with Crippen molar-refractivity contribution >= 4 is 88.5 Å². The fourth-order valence-corrected chi connectivity index (χ4v) is 13.4. The van der Waals surface area contributed by atoms with Crippen molar-refractivity contribution in [2.75, 3.05) is 0 Å². The molecule has 0 bridgehead atoms. The second kappa shape index (κ2) is 17.0. The second-order valence-corrected chi connectivity index (χ2v) is 24.1. The molecule has 0 aliphatic carbocycles. The summed E-state index contributed by atoms with van der Waals surface area (Å²) >= 11 is 0. The van der Waals surface area contributed by atoms with Crippen LogP contribution in [0.25, 0.3) is 105 Å². The van der Waals surface area contributed by atoms with E-state index in [9.17, 15) is 0 Å². The van der Waals surface area contributed by atoms with Gasteiger partial charge in [0.1, 0.15) is 23.0 Å². The first-order valence-electron chi connectivity index (χ1n) is 28.0. The molecule has 0 spiro atoms. The Morgan fingerprint density at radius 1 is 0.312 bits per heavy atom. The van der Waals surface area contributed by atoms with Crippen molar-refractivity contribution in [3.63, 3.8) is 0 Å². The van der Waals surface area contributed by atoms with Gasteiger partial charge in [0.05, 0.1) is 38.8 Å². The van der Waals surface area contributed by atoms with E-state index in [0.29, 0.717) is 0 Å². The maximum absolute atomic E-state index is 7.53. The highest BCUT2D eigenvalue weighted by Crippen LogP contribution is 2.47. The van der Waals surface area contributed by atoms with E-state index < -0.39 is 0 Å². The zero-order valence-corrected chi connectivity index (χ0v) is 45.7. The van der Waals surface area contributed by atoms with Crippen molar-refractivity contribution in [3.8, 4) is 62.3 Å². The Kier molecular flexibility index (Phi) is 9.89. The summed E-state index contributed by atoms with van der Waals surface area (Å²) in [6, 6.07) is 84.9. The van der Waals surface area contributed by atoms with Gasteiger partial charge in [-0.05, 0) is 80.4 Å². The molecule has 2 aliphatic rings. The molecule has 0 saturated carbocycles. The minimum Gasteiger partial charge on any atom is -0.458 e. The molecule has 0 unspecified atom stereocenters. The van der Waals surface area contributed by atoms with E-state index in [-0.39, 0.29) is 17.5 Å². The molecule has 6 heteroatoms. The van der Waals surface area contributed by atoms with Crippen LogP contribution in [-0.4, -0.2) is 20.4 Å². The van der Waals surface area contributed by atoms with Gasteiger partial charge in [0.15, 0.2) is 0 Å². The number of hydrogen-bond acceptors (Lipinski definition) is 2. The molecule has 16 rings (SSSR count). The summed E-state index contributed by atoms with van der Waals surface area (Å²) in [5, 5.41) is 7.12. The van der Waals surface area contributed by atoms with Crippen molar-refractivity contribution in [1.29, 1.82) is 0 Å². The quantitative estimate of drug-likeness (QED) is 0.161. The maximum atomic E-state index is 7.53. The van der Waals surface area contributed by atoms with Crippen molar-refractivity contribution < 1.29 is 9.47 Å². The summed E-state index contributed by atoms with van der Waals surface area (Å²) in [6.45, 7) is 13.5. The Labute approximate surface area is 465 Å². The molecule has 0 radical (unpaired) electrons. The molecule has 0 saturated heterocycles. The molecule has 11 aromatic carbocycles. The first kappa shape index (κ1) is 46.6. The Hall–Kier alpha value is -9.52. The van der Waals surface area contributed by atoms with E-state index in [2.05, 4.69) is 286 Å². The topological polar surface area (TPSA) is 33.2 Å². The van der Waals surface area contributed by atoms with E-state index in [1.165, 1.54) is 43.4 Å². The van der Waals surface area contributed by atoms with E-state index in [1.807, 2.05) is 0 Å². The molecule has 3 aromatic heterocycles. The smallest absolute Gasteiger partial charge is 0.260 e. The van der Waals surface area contributed by atoms with E-state index >= 15 is 0 Å². The van der Waals surface area contributed by atoms with Gasteiger partial charge in [-0.15, -0.1) is 0 Å². The normalized spacial score (nSPS) is 13.1. The number of benzene rings is 11. The van der Waals surface area contributed by atoms with Crippen LogP contribution in [-0.2, 0) is 10.8 Å². The van der Waals surface area contributed by atoms with Crippen LogP contribution in [0.5, 0.6) is 23.0 Å². The molecule has 0 atom stereocenters. The molecule has 2 aliphatic heterocycles. The Bertz CT molecular complexity index is 4570. The summed E-state index contributed by atoms with van der Waals surface area (Å²) in [7, 11) is 0. The van der Waals surface area contributed by atoms with E-state index in [4.69, 9.17) is 9.47 Å². The molecule has 0 amide bonds. The first-order chi connectivity index (χ1) is 38.9. The fourth-order valence-electron chi connectivity index (χ4n) is 13.4. The van der Waals surface area contributed by atoms with Crippen molar-refractivity contribution in [3.05, 3.63) is 242 Å². The average Bonchev–Trinajstić information content (AvgIpc) is 3.47. The Morgan fingerprint density at radius 2 is 0.713 bits per heavy atom. The number of fused-ring (bicyclic) bond motifs is 13. The Morgan fingerprint density at radius 3 is 1.14 bits per heavy atom. The largest absolute Gasteiger partial charge is 0.458 e. The van der Waals surface area contributed by atoms with Crippen LogP contribution >= 0.6 is 0 Å². The van der Waals surface area contributed by atoms with Crippen LogP contribution in [0.1, 0.15) is 52.7 Å². The van der Waals surface area contributed by atoms with Gasteiger partial charge in [-0.1, -0.05) is 211 Å². The van der Waals surface area contributed by atoms with Crippen LogP contribution in [0, 0.1) is 0 Å². The van der Waals surface area contributed by atoms with Gasteiger partial charge in [-0.2, -0.15) is 0 Å². The van der Waals surface area contributed by atoms with Gasteiger partial charge >= 0.3 is 0 Å². The van der Waals surface area contributed by atoms with Gasteiger partial charge in [0.2, 0.25) is 0 Å². The average molecular weight is 1030 g/mol. The van der Waals surface area contributed by atoms with Gasteiger partial charge in [-0.3, -0.25) is 0 Å². The van der Waals surface area contributed by atoms with Gasteiger partial charge in [-0.25, -0.2) is 0 Å². The lowest BCUT2D eigenvalue weighted by molar-refractivity contribution is 0.465. The van der Waals surface area contributed by atoms with Crippen LogP contribution in [0.4, 0.5) is 0 Å². The lowest BCUT2D eigenvalue weighted by atomic mass is 9.34. The summed E-state index contributed by atoms with van der Waals surface area (Å²) in [6.07, 6.45) is 0. The number of hydrogen-bond donors (Lipinski definition) is 0. The highest BCUT2D eigenvalue weighted by atomic mass is 16.5. The highest BCUT2D eigenvalue weighted by Gasteiger charge is 2.42. The van der Waals surface area contributed by atoms with Crippen molar-refractivity contribution in [2.24, 2.45) is 0 Å².